The van der Waals surface area contributed by atoms with Crippen molar-refractivity contribution in [1.82, 2.24) is 15.0 Å². The fourth-order valence-electron chi connectivity index (χ4n) is 3.10. The molecule has 0 aliphatic heterocycles. The van der Waals surface area contributed by atoms with Gasteiger partial charge < -0.3 is 27.2 Å². The predicted molar refractivity (Wildman–Crippen MR) is 111 cm³/mol. The number of H-pyrrole nitrogens is 1. The molecular weight excluding hydrogens is 354 g/mol. The van der Waals surface area contributed by atoms with E-state index in [-0.39, 0.29) is 5.95 Å². The van der Waals surface area contributed by atoms with Gasteiger partial charge in [0.25, 0.3) is 0 Å². The summed E-state index contributed by atoms with van der Waals surface area (Å²) in [6.07, 6.45) is 5.24. The molecule has 0 spiro atoms. The van der Waals surface area contributed by atoms with Crippen LogP contribution >= 0.6 is 0 Å². The molecule has 0 aliphatic rings. The van der Waals surface area contributed by atoms with Crippen LogP contribution in [-0.2, 0) is 0 Å². The fraction of sp³-hybridized carbons (Fsp3) is 0. The molecule has 2 aromatic carbocycles. The Morgan fingerprint density at radius 2 is 1.96 bits per heavy atom. The summed E-state index contributed by atoms with van der Waals surface area (Å²) < 4.78 is 0. The Hall–Kier alpha value is -4.20. The molecule has 0 amide bonds. The summed E-state index contributed by atoms with van der Waals surface area (Å²) >= 11 is 0. The Labute approximate surface area is 160 Å². The summed E-state index contributed by atoms with van der Waals surface area (Å²) in [6, 6.07) is 11.0. The highest BCUT2D eigenvalue weighted by Crippen LogP contribution is 2.34. The van der Waals surface area contributed by atoms with Crippen molar-refractivity contribution in [2.75, 3.05) is 16.8 Å². The number of benzene rings is 2. The average Bonchev–Trinajstić information content (AvgIpc) is 3.11. The van der Waals surface area contributed by atoms with Crippen LogP contribution in [0.2, 0.25) is 0 Å². The number of anilines is 4. The third-order valence-electron chi connectivity index (χ3n) is 4.47. The minimum absolute atomic E-state index is 0.159. The van der Waals surface area contributed by atoms with Gasteiger partial charge in [-0.1, -0.05) is 6.07 Å². The number of carbonyl (C=O) groups excluding carboxylic acids is 1. The summed E-state index contributed by atoms with van der Waals surface area (Å²) in [5.74, 6) is 0.690. The van der Waals surface area contributed by atoms with E-state index in [1.54, 1.807) is 24.5 Å². The van der Waals surface area contributed by atoms with E-state index in [4.69, 9.17) is 16.9 Å². The number of carbonyl (C=O) groups is 1. The standard InChI is InChI=1S/C20H17N7O/c21-8-12-5-14(26-18-3-4-24-20(23)27-18)7-16(19(12)22)11-1-2-17-15(6-11)13(10-28)9-25-17/h1-10,21,25H,22H2,(H3,23,24,26,27). The molecule has 0 atom stereocenters. The van der Waals surface area contributed by atoms with Crippen LogP contribution in [0, 0.1) is 5.41 Å². The first-order valence-corrected chi connectivity index (χ1v) is 8.45. The zero-order valence-corrected chi connectivity index (χ0v) is 14.7. The molecule has 7 N–H and O–H groups in total. The number of nitrogens with two attached hydrogens (primary N) is 2. The summed E-state index contributed by atoms with van der Waals surface area (Å²) in [5, 5.41) is 11.7. The van der Waals surface area contributed by atoms with Gasteiger partial charge in [0.15, 0.2) is 6.29 Å². The van der Waals surface area contributed by atoms with Crippen molar-refractivity contribution in [2.45, 2.75) is 0 Å². The summed E-state index contributed by atoms with van der Waals surface area (Å²) in [6.45, 7) is 0. The maximum atomic E-state index is 11.3. The van der Waals surface area contributed by atoms with Crippen LogP contribution in [0.15, 0.2) is 48.8 Å². The van der Waals surface area contributed by atoms with E-state index in [0.717, 1.165) is 28.3 Å². The van der Waals surface area contributed by atoms with Gasteiger partial charge in [0.05, 0.1) is 0 Å². The highest BCUT2D eigenvalue weighted by molar-refractivity contribution is 6.01. The second kappa shape index (κ2) is 6.84. The van der Waals surface area contributed by atoms with E-state index >= 15 is 0 Å². The first-order valence-electron chi connectivity index (χ1n) is 8.45. The third kappa shape index (κ3) is 3.03. The average molecular weight is 371 g/mol. The Kier molecular flexibility index (Phi) is 4.21. The van der Waals surface area contributed by atoms with Crippen LogP contribution in [0.5, 0.6) is 0 Å². The van der Waals surface area contributed by atoms with Gasteiger partial charge in [-0.3, -0.25) is 4.79 Å². The molecule has 0 fully saturated rings. The predicted octanol–water partition coefficient (Wildman–Crippen LogP) is 3.34. The zero-order chi connectivity index (χ0) is 19.7. The van der Waals surface area contributed by atoms with Gasteiger partial charge in [0.1, 0.15) is 5.82 Å². The summed E-state index contributed by atoms with van der Waals surface area (Å²) in [7, 11) is 0. The van der Waals surface area contributed by atoms with Crippen molar-refractivity contribution in [1.29, 1.82) is 5.41 Å². The second-order valence-electron chi connectivity index (χ2n) is 6.22. The minimum atomic E-state index is 0.159. The van der Waals surface area contributed by atoms with Crippen molar-refractivity contribution >= 4 is 46.5 Å². The third-order valence-corrected chi connectivity index (χ3v) is 4.47. The Morgan fingerprint density at radius 1 is 1.11 bits per heavy atom. The molecule has 2 heterocycles. The molecule has 2 aromatic heterocycles. The number of hydrogen-bond donors (Lipinski definition) is 5. The van der Waals surface area contributed by atoms with Gasteiger partial charge >= 0.3 is 0 Å². The number of fused-ring (bicyclic) bond motifs is 1. The first kappa shape index (κ1) is 17.2. The molecule has 0 bridgehead atoms. The van der Waals surface area contributed by atoms with E-state index in [0.29, 0.717) is 28.3 Å². The highest BCUT2D eigenvalue weighted by atomic mass is 16.1. The molecule has 0 saturated carbocycles. The highest BCUT2D eigenvalue weighted by Gasteiger charge is 2.12. The second-order valence-corrected chi connectivity index (χ2v) is 6.22. The number of aromatic amines is 1. The molecule has 8 heteroatoms. The van der Waals surface area contributed by atoms with Crippen molar-refractivity contribution in [2.24, 2.45) is 0 Å². The van der Waals surface area contributed by atoms with Crippen LogP contribution in [0.25, 0.3) is 22.0 Å². The van der Waals surface area contributed by atoms with Crippen LogP contribution < -0.4 is 16.8 Å². The number of nitrogens with zero attached hydrogens (tertiary/aromatic N) is 2. The van der Waals surface area contributed by atoms with E-state index in [1.165, 1.54) is 6.21 Å². The van der Waals surface area contributed by atoms with Gasteiger partial charge in [-0.25, -0.2) is 4.98 Å². The number of aldehydes is 1. The molecular formula is C20H17N7O. The molecule has 4 rings (SSSR count). The molecule has 4 aromatic rings. The Balaban J connectivity index is 1.84. The zero-order valence-electron chi connectivity index (χ0n) is 14.7. The van der Waals surface area contributed by atoms with Crippen LogP contribution in [0.4, 0.5) is 23.1 Å². The van der Waals surface area contributed by atoms with Crippen molar-refractivity contribution in [3.8, 4) is 11.1 Å². The topological polar surface area (TPSA) is 147 Å². The number of aromatic nitrogens is 3. The molecule has 8 nitrogen and oxygen atoms in total. The number of hydrogen-bond acceptors (Lipinski definition) is 7. The van der Waals surface area contributed by atoms with Gasteiger partial charge in [-0.2, -0.15) is 4.98 Å². The lowest BCUT2D eigenvalue weighted by molar-refractivity contribution is 0.112. The quantitative estimate of drug-likeness (QED) is 0.206. The van der Waals surface area contributed by atoms with Crippen molar-refractivity contribution in [3.05, 3.63) is 59.9 Å². The molecule has 0 radical (unpaired) electrons. The van der Waals surface area contributed by atoms with Crippen molar-refractivity contribution < 1.29 is 4.79 Å². The van der Waals surface area contributed by atoms with E-state index in [2.05, 4.69) is 20.3 Å². The van der Waals surface area contributed by atoms with Crippen LogP contribution in [0.1, 0.15) is 15.9 Å². The van der Waals surface area contributed by atoms with Gasteiger partial charge in [0, 0.05) is 57.6 Å². The van der Waals surface area contributed by atoms with E-state index in [1.807, 2.05) is 24.3 Å². The first-order chi connectivity index (χ1) is 13.6. The molecule has 0 saturated heterocycles. The van der Waals surface area contributed by atoms with Crippen LogP contribution in [0.3, 0.4) is 0 Å². The Bertz CT molecular complexity index is 1210. The van der Waals surface area contributed by atoms with Crippen molar-refractivity contribution in [3.63, 3.8) is 0 Å². The normalized spacial score (nSPS) is 10.7. The lowest BCUT2D eigenvalue weighted by atomic mass is 9.98. The number of nitrogen functional groups attached to an aromatic ring is 2. The Morgan fingerprint density at radius 3 is 2.71 bits per heavy atom. The maximum absolute atomic E-state index is 11.3. The SMILES string of the molecule is N=Cc1cc(Nc2ccnc(N)n2)cc(-c2ccc3[nH]cc(C=O)c3c2)c1N. The largest absolute Gasteiger partial charge is 0.398 e. The minimum Gasteiger partial charge on any atom is -0.398 e. The number of nitrogens with one attached hydrogen (secondary N) is 3. The van der Waals surface area contributed by atoms with E-state index in [9.17, 15) is 4.79 Å². The number of rotatable bonds is 5. The summed E-state index contributed by atoms with van der Waals surface area (Å²) in [4.78, 5) is 22.3. The van der Waals surface area contributed by atoms with Gasteiger partial charge in [0.2, 0.25) is 5.95 Å². The van der Waals surface area contributed by atoms with Gasteiger partial charge in [-0.15, -0.1) is 0 Å². The van der Waals surface area contributed by atoms with Crippen LogP contribution in [-0.4, -0.2) is 27.5 Å². The van der Waals surface area contributed by atoms with Gasteiger partial charge in [-0.05, 0) is 35.9 Å². The molecule has 0 aliphatic carbocycles. The molecule has 0 unspecified atom stereocenters. The fourth-order valence-corrected chi connectivity index (χ4v) is 3.10. The molecule has 28 heavy (non-hydrogen) atoms. The smallest absolute Gasteiger partial charge is 0.221 e. The maximum Gasteiger partial charge on any atom is 0.221 e. The summed E-state index contributed by atoms with van der Waals surface area (Å²) in [5.41, 5.74) is 16.7. The monoisotopic (exact) mass is 371 g/mol. The lowest BCUT2D eigenvalue weighted by Crippen LogP contribution is -2.02. The molecule has 138 valence electrons. The van der Waals surface area contributed by atoms with E-state index < -0.39 is 0 Å². The lowest BCUT2D eigenvalue weighted by Gasteiger charge is -2.14.